The van der Waals surface area contributed by atoms with E-state index in [-0.39, 0.29) is 23.9 Å². The van der Waals surface area contributed by atoms with Gasteiger partial charge in [0.2, 0.25) is 0 Å². The molecule has 0 saturated heterocycles. The summed E-state index contributed by atoms with van der Waals surface area (Å²) >= 11 is 0. The van der Waals surface area contributed by atoms with Gasteiger partial charge in [0.25, 0.3) is 5.91 Å². The normalized spacial score (nSPS) is 10.1. The minimum Gasteiger partial charge on any atom is -0.477 e. The van der Waals surface area contributed by atoms with Gasteiger partial charge in [-0.1, -0.05) is 6.07 Å². The monoisotopic (exact) mass is 252 g/mol. The summed E-state index contributed by atoms with van der Waals surface area (Å²) in [5, 5.41) is 17.6. The lowest BCUT2D eigenvalue weighted by Crippen LogP contribution is -2.33. The molecule has 0 spiro atoms. The van der Waals surface area contributed by atoms with E-state index in [0.717, 1.165) is 0 Å². The first-order valence-electron chi connectivity index (χ1n) is 5.70. The number of nitrogens with zero attached hydrogens (tertiary/aromatic N) is 2. The minimum atomic E-state index is -1.16. The molecule has 1 heterocycles. The van der Waals surface area contributed by atoms with E-state index < -0.39 is 5.97 Å². The van der Waals surface area contributed by atoms with E-state index in [1.54, 1.807) is 0 Å². The number of hydrogen-bond donors (Lipinski definition) is 2. The SMILES string of the molecule is CCN(CCCO)C(=O)c1cccc(C(=O)O)n1. The van der Waals surface area contributed by atoms with Gasteiger partial charge in [0.05, 0.1) is 0 Å². The van der Waals surface area contributed by atoms with Crippen molar-refractivity contribution in [2.75, 3.05) is 19.7 Å². The summed E-state index contributed by atoms with van der Waals surface area (Å²) in [6.07, 6.45) is 0.484. The van der Waals surface area contributed by atoms with E-state index in [0.29, 0.717) is 19.5 Å². The van der Waals surface area contributed by atoms with E-state index in [1.165, 1.54) is 23.1 Å². The van der Waals surface area contributed by atoms with Crippen LogP contribution in [0.2, 0.25) is 0 Å². The Labute approximate surface area is 105 Å². The largest absolute Gasteiger partial charge is 0.477 e. The fourth-order valence-corrected chi connectivity index (χ4v) is 1.50. The second-order valence-electron chi connectivity index (χ2n) is 3.68. The molecule has 0 aliphatic heterocycles. The van der Waals surface area contributed by atoms with Crippen molar-refractivity contribution >= 4 is 11.9 Å². The highest BCUT2D eigenvalue weighted by Gasteiger charge is 2.16. The third-order valence-corrected chi connectivity index (χ3v) is 2.44. The van der Waals surface area contributed by atoms with Gasteiger partial charge >= 0.3 is 5.97 Å². The number of pyridine rings is 1. The molecule has 0 saturated carbocycles. The lowest BCUT2D eigenvalue weighted by molar-refractivity contribution is 0.0690. The molecular formula is C12H16N2O4. The molecule has 1 rings (SSSR count). The average Bonchev–Trinajstić information content (AvgIpc) is 2.39. The first-order valence-corrected chi connectivity index (χ1v) is 5.70. The number of carbonyl (C=O) groups is 2. The van der Waals surface area contributed by atoms with Crippen LogP contribution >= 0.6 is 0 Å². The van der Waals surface area contributed by atoms with E-state index in [2.05, 4.69) is 4.98 Å². The van der Waals surface area contributed by atoms with Gasteiger partial charge < -0.3 is 15.1 Å². The molecule has 0 radical (unpaired) electrons. The van der Waals surface area contributed by atoms with Gasteiger partial charge in [-0.25, -0.2) is 9.78 Å². The zero-order valence-electron chi connectivity index (χ0n) is 10.2. The van der Waals surface area contributed by atoms with E-state index in [1.807, 2.05) is 6.92 Å². The van der Waals surface area contributed by atoms with Crippen LogP contribution in [0.1, 0.15) is 34.3 Å². The predicted molar refractivity (Wildman–Crippen MR) is 64.5 cm³/mol. The predicted octanol–water partition coefficient (Wildman–Crippen LogP) is 0.624. The van der Waals surface area contributed by atoms with Gasteiger partial charge in [-0.3, -0.25) is 4.79 Å². The minimum absolute atomic E-state index is 0.00632. The first kappa shape index (κ1) is 14.1. The molecule has 0 aliphatic rings. The highest BCUT2D eigenvalue weighted by molar-refractivity contribution is 5.94. The Morgan fingerprint density at radius 2 is 2.00 bits per heavy atom. The van der Waals surface area contributed by atoms with Crippen LogP contribution in [0.15, 0.2) is 18.2 Å². The molecule has 18 heavy (non-hydrogen) atoms. The van der Waals surface area contributed by atoms with Crippen molar-refractivity contribution in [2.45, 2.75) is 13.3 Å². The lowest BCUT2D eigenvalue weighted by Gasteiger charge is -2.19. The zero-order valence-corrected chi connectivity index (χ0v) is 10.2. The second kappa shape index (κ2) is 6.70. The van der Waals surface area contributed by atoms with Crippen LogP contribution in [0.3, 0.4) is 0 Å². The van der Waals surface area contributed by atoms with Crippen molar-refractivity contribution < 1.29 is 19.8 Å². The van der Waals surface area contributed by atoms with Crippen LogP contribution in [0.25, 0.3) is 0 Å². The standard InChI is InChI=1S/C12H16N2O4/c1-2-14(7-4-8-15)11(16)9-5-3-6-10(13-9)12(17)18/h3,5-6,15H,2,4,7-8H2,1H3,(H,17,18). The Balaban J connectivity index is 2.87. The highest BCUT2D eigenvalue weighted by Crippen LogP contribution is 2.05. The summed E-state index contributed by atoms with van der Waals surface area (Å²) in [5.41, 5.74) is -0.0475. The number of carboxylic acids is 1. The zero-order chi connectivity index (χ0) is 13.5. The van der Waals surface area contributed by atoms with E-state index in [9.17, 15) is 9.59 Å². The smallest absolute Gasteiger partial charge is 0.354 e. The first-order chi connectivity index (χ1) is 8.60. The van der Waals surface area contributed by atoms with Crippen LogP contribution in [0.4, 0.5) is 0 Å². The van der Waals surface area contributed by atoms with Gasteiger partial charge in [-0.15, -0.1) is 0 Å². The summed E-state index contributed by atoms with van der Waals surface area (Å²) in [6.45, 7) is 2.73. The Morgan fingerprint density at radius 3 is 2.56 bits per heavy atom. The Morgan fingerprint density at radius 1 is 1.33 bits per heavy atom. The van der Waals surface area contributed by atoms with E-state index >= 15 is 0 Å². The van der Waals surface area contributed by atoms with Crippen LogP contribution in [0, 0.1) is 0 Å². The van der Waals surface area contributed by atoms with Gasteiger partial charge in [0.1, 0.15) is 11.4 Å². The number of aliphatic hydroxyl groups excluding tert-OH is 1. The van der Waals surface area contributed by atoms with Gasteiger partial charge in [-0.05, 0) is 25.5 Å². The van der Waals surface area contributed by atoms with E-state index in [4.69, 9.17) is 10.2 Å². The lowest BCUT2D eigenvalue weighted by atomic mass is 10.2. The molecule has 98 valence electrons. The molecule has 2 N–H and O–H groups in total. The van der Waals surface area contributed by atoms with Gasteiger partial charge in [0, 0.05) is 19.7 Å². The molecule has 0 bridgehead atoms. The van der Waals surface area contributed by atoms with Gasteiger partial charge in [-0.2, -0.15) is 0 Å². The molecule has 1 aromatic rings. The topological polar surface area (TPSA) is 90.7 Å². The molecule has 0 unspecified atom stereocenters. The third kappa shape index (κ3) is 3.53. The van der Waals surface area contributed by atoms with Crippen molar-refractivity contribution in [3.63, 3.8) is 0 Å². The molecule has 0 fully saturated rings. The Hall–Kier alpha value is -1.95. The van der Waals surface area contributed by atoms with Crippen molar-refractivity contribution in [2.24, 2.45) is 0 Å². The number of carbonyl (C=O) groups excluding carboxylic acids is 1. The summed E-state index contributed by atoms with van der Waals surface area (Å²) < 4.78 is 0. The molecule has 0 aliphatic carbocycles. The summed E-state index contributed by atoms with van der Waals surface area (Å²) in [6, 6.07) is 4.31. The summed E-state index contributed by atoms with van der Waals surface area (Å²) in [7, 11) is 0. The summed E-state index contributed by atoms with van der Waals surface area (Å²) in [4.78, 5) is 28.1. The van der Waals surface area contributed by atoms with Crippen LogP contribution in [-0.2, 0) is 0 Å². The highest BCUT2D eigenvalue weighted by atomic mass is 16.4. The van der Waals surface area contributed by atoms with Crippen molar-refractivity contribution in [1.82, 2.24) is 9.88 Å². The Bertz CT molecular complexity index is 434. The molecule has 6 nitrogen and oxygen atoms in total. The van der Waals surface area contributed by atoms with Crippen LogP contribution in [0.5, 0.6) is 0 Å². The van der Waals surface area contributed by atoms with Crippen molar-refractivity contribution in [1.29, 1.82) is 0 Å². The number of aliphatic hydroxyl groups is 1. The number of amides is 1. The number of aromatic nitrogens is 1. The van der Waals surface area contributed by atoms with Crippen molar-refractivity contribution in [3.8, 4) is 0 Å². The second-order valence-corrected chi connectivity index (χ2v) is 3.68. The number of aromatic carboxylic acids is 1. The van der Waals surface area contributed by atoms with Crippen LogP contribution < -0.4 is 0 Å². The number of hydrogen-bond acceptors (Lipinski definition) is 4. The maximum absolute atomic E-state index is 12.0. The quantitative estimate of drug-likeness (QED) is 0.774. The molecule has 0 atom stereocenters. The number of rotatable bonds is 6. The number of carboxylic acid groups (broad SMARTS) is 1. The molecule has 1 aromatic heterocycles. The fraction of sp³-hybridized carbons (Fsp3) is 0.417. The molecule has 6 heteroatoms. The molecular weight excluding hydrogens is 236 g/mol. The van der Waals surface area contributed by atoms with Crippen molar-refractivity contribution in [3.05, 3.63) is 29.6 Å². The fourth-order valence-electron chi connectivity index (χ4n) is 1.50. The molecule has 0 aromatic carbocycles. The molecule has 1 amide bonds. The van der Waals surface area contributed by atoms with Crippen LogP contribution in [-0.4, -0.2) is 51.7 Å². The van der Waals surface area contributed by atoms with Gasteiger partial charge in [0.15, 0.2) is 0 Å². The summed E-state index contributed by atoms with van der Waals surface area (Å²) in [5.74, 6) is -1.49. The average molecular weight is 252 g/mol. The third-order valence-electron chi connectivity index (χ3n) is 2.44. The maximum atomic E-state index is 12.0. The maximum Gasteiger partial charge on any atom is 0.354 e. The Kier molecular flexibility index (Phi) is 5.26.